The van der Waals surface area contributed by atoms with Crippen LogP contribution in [0.2, 0.25) is 0 Å². The molecule has 2 aliphatic rings. The van der Waals surface area contributed by atoms with Gasteiger partial charge in [0.25, 0.3) is 5.69 Å². The van der Waals surface area contributed by atoms with Crippen molar-refractivity contribution in [3.8, 4) is 0 Å². The molecule has 1 fully saturated rings. The summed E-state index contributed by atoms with van der Waals surface area (Å²) < 4.78 is 0. The number of urea groups is 1. The number of fused-ring (bicyclic) bond motifs is 1. The first-order valence-corrected chi connectivity index (χ1v) is 6.61. The van der Waals surface area contributed by atoms with E-state index in [1.165, 1.54) is 6.07 Å². The summed E-state index contributed by atoms with van der Waals surface area (Å²) in [6.07, 6.45) is 2.77. The fourth-order valence-corrected chi connectivity index (χ4v) is 2.89. The Kier molecular flexibility index (Phi) is 3.17. The summed E-state index contributed by atoms with van der Waals surface area (Å²) >= 11 is 0. The molecule has 108 valence electrons. The van der Waals surface area contributed by atoms with E-state index in [0.29, 0.717) is 24.1 Å². The van der Waals surface area contributed by atoms with Crippen molar-refractivity contribution in [2.75, 3.05) is 0 Å². The third kappa shape index (κ3) is 2.26. The standard InChI is InChI=1S/C14H13N3O4/c18-11-7-3-5-9-12(11)13(16-14(19)15-9)8-4-1-2-6-10(8)17(20)21/h1-2,4-6,12-13H,3,7H2,(H2,15,16,19)/t12-,13-/m0/s1. The normalized spacial score (nSPS) is 24.5. The molecule has 21 heavy (non-hydrogen) atoms. The van der Waals surface area contributed by atoms with Gasteiger partial charge in [0.05, 0.1) is 22.4 Å². The molecule has 7 heteroatoms. The molecule has 0 bridgehead atoms. The minimum atomic E-state index is -0.709. The maximum absolute atomic E-state index is 12.2. The summed E-state index contributed by atoms with van der Waals surface area (Å²) in [6.45, 7) is 0. The van der Waals surface area contributed by atoms with E-state index in [4.69, 9.17) is 0 Å². The molecule has 1 aliphatic carbocycles. The second-order valence-electron chi connectivity index (χ2n) is 5.03. The molecule has 1 aromatic rings. The number of amides is 2. The van der Waals surface area contributed by atoms with Gasteiger partial charge in [0.1, 0.15) is 5.78 Å². The second-order valence-corrected chi connectivity index (χ2v) is 5.03. The Labute approximate surface area is 120 Å². The first kappa shape index (κ1) is 13.3. The third-order valence-electron chi connectivity index (χ3n) is 3.78. The van der Waals surface area contributed by atoms with Gasteiger partial charge in [-0.2, -0.15) is 0 Å². The Morgan fingerprint density at radius 2 is 2.00 bits per heavy atom. The maximum atomic E-state index is 12.2. The van der Waals surface area contributed by atoms with E-state index in [1.807, 2.05) is 6.08 Å². The quantitative estimate of drug-likeness (QED) is 0.639. The topological polar surface area (TPSA) is 101 Å². The van der Waals surface area contributed by atoms with Crippen LogP contribution >= 0.6 is 0 Å². The van der Waals surface area contributed by atoms with Crippen molar-refractivity contribution in [2.24, 2.45) is 5.92 Å². The molecule has 3 rings (SSSR count). The highest BCUT2D eigenvalue weighted by atomic mass is 16.6. The highest BCUT2D eigenvalue weighted by molar-refractivity contribution is 5.91. The monoisotopic (exact) mass is 287 g/mol. The number of nitrogens with zero attached hydrogens (tertiary/aromatic N) is 1. The molecule has 0 unspecified atom stereocenters. The summed E-state index contributed by atoms with van der Waals surface area (Å²) in [7, 11) is 0. The van der Waals surface area contributed by atoms with Crippen LogP contribution in [0.3, 0.4) is 0 Å². The second kappa shape index (κ2) is 5.01. The molecule has 0 aromatic heterocycles. The average Bonchev–Trinajstić information content (AvgIpc) is 2.46. The van der Waals surface area contributed by atoms with Gasteiger partial charge in [-0.1, -0.05) is 24.3 Å². The van der Waals surface area contributed by atoms with Crippen molar-refractivity contribution in [1.82, 2.24) is 10.6 Å². The zero-order valence-corrected chi connectivity index (χ0v) is 11.0. The molecular formula is C14H13N3O4. The Hall–Kier alpha value is -2.70. The molecular weight excluding hydrogens is 274 g/mol. The molecule has 1 aromatic carbocycles. The molecule has 0 saturated carbocycles. The highest BCUT2D eigenvalue weighted by Gasteiger charge is 2.41. The number of nitro benzene ring substituents is 1. The number of para-hydroxylation sites is 1. The summed E-state index contributed by atoms with van der Waals surface area (Å²) in [5.74, 6) is -0.610. The van der Waals surface area contributed by atoms with Crippen LogP contribution in [-0.2, 0) is 4.79 Å². The zero-order chi connectivity index (χ0) is 15.0. The van der Waals surface area contributed by atoms with E-state index in [2.05, 4.69) is 10.6 Å². The summed E-state index contributed by atoms with van der Waals surface area (Å²) in [6, 6.07) is 5.01. The van der Waals surface area contributed by atoms with Crippen LogP contribution in [0.15, 0.2) is 36.0 Å². The lowest BCUT2D eigenvalue weighted by Gasteiger charge is -2.35. The van der Waals surface area contributed by atoms with Crippen molar-refractivity contribution < 1.29 is 14.5 Å². The van der Waals surface area contributed by atoms with Crippen molar-refractivity contribution >= 4 is 17.5 Å². The number of ketones is 1. The van der Waals surface area contributed by atoms with Gasteiger partial charge in [-0.15, -0.1) is 0 Å². The van der Waals surface area contributed by atoms with Crippen LogP contribution in [0.5, 0.6) is 0 Å². The Balaban J connectivity index is 2.09. The van der Waals surface area contributed by atoms with Gasteiger partial charge in [0.2, 0.25) is 0 Å². The van der Waals surface area contributed by atoms with E-state index >= 15 is 0 Å². The highest BCUT2D eigenvalue weighted by Crippen LogP contribution is 2.37. The predicted octanol–water partition coefficient (Wildman–Crippen LogP) is 1.81. The van der Waals surface area contributed by atoms with E-state index in [1.54, 1.807) is 18.2 Å². The number of hydrogen-bond donors (Lipinski definition) is 2. The van der Waals surface area contributed by atoms with Gasteiger partial charge in [-0.05, 0) is 6.42 Å². The molecule has 7 nitrogen and oxygen atoms in total. The Morgan fingerprint density at radius 3 is 2.76 bits per heavy atom. The molecule has 2 amide bonds. The fourth-order valence-electron chi connectivity index (χ4n) is 2.89. The van der Waals surface area contributed by atoms with Gasteiger partial charge in [-0.3, -0.25) is 14.9 Å². The predicted molar refractivity (Wildman–Crippen MR) is 73.3 cm³/mol. The van der Waals surface area contributed by atoms with Gasteiger partial charge < -0.3 is 10.6 Å². The number of carbonyl (C=O) groups is 2. The fraction of sp³-hybridized carbons (Fsp3) is 0.286. The first-order chi connectivity index (χ1) is 10.1. The number of rotatable bonds is 2. The number of benzene rings is 1. The van der Waals surface area contributed by atoms with Crippen LogP contribution < -0.4 is 10.6 Å². The lowest BCUT2D eigenvalue weighted by Crippen LogP contribution is -2.52. The third-order valence-corrected chi connectivity index (χ3v) is 3.78. The number of hydrogen-bond acceptors (Lipinski definition) is 4. The minimum Gasteiger partial charge on any atom is -0.330 e. The summed E-state index contributed by atoms with van der Waals surface area (Å²) in [5.41, 5.74) is 0.795. The number of carbonyl (C=O) groups excluding carboxylic acids is 2. The number of allylic oxidation sites excluding steroid dienone is 1. The van der Waals surface area contributed by atoms with Gasteiger partial charge in [0.15, 0.2) is 0 Å². The Morgan fingerprint density at radius 1 is 1.24 bits per heavy atom. The van der Waals surface area contributed by atoms with E-state index in [9.17, 15) is 19.7 Å². The van der Waals surface area contributed by atoms with Crippen LogP contribution in [0.25, 0.3) is 0 Å². The van der Waals surface area contributed by atoms with Crippen LogP contribution in [-0.4, -0.2) is 16.7 Å². The first-order valence-electron chi connectivity index (χ1n) is 6.61. The van der Waals surface area contributed by atoms with Crippen molar-refractivity contribution in [3.05, 3.63) is 51.7 Å². The van der Waals surface area contributed by atoms with Crippen LogP contribution in [0.1, 0.15) is 24.4 Å². The van der Waals surface area contributed by atoms with Crippen LogP contribution in [0, 0.1) is 16.0 Å². The van der Waals surface area contributed by atoms with Gasteiger partial charge in [0, 0.05) is 18.2 Å². The summed E-state index contributed by atoms with van der Waals surface area (Å²) in [4.78, 5) is 34.6. The zero-order valence-electron chi connectivity index (χ0n) is 11.0. The molecule has 0 spiro atoms. The molecule has 2 N–H and O–H groups in total. The average molecular weight is 287 g/mol. The largest absolute Gasteiger partial charge is 0.330 e. The molecule has 1 saturated heterocycles. The van der Waals surface area contributed by atoms with Crippen molar-refractivity contribution in [3.63, 3.8) is 0 Å². The SMILES string of the molecule is O=C1NC2=CCCC(=O)[C@H]2[C@H](c2ccccc2[N+](=O)[O-])N1. The van der Waals surface area contributed by atoms with E-state index in [0.717, 1.165) is 0 Å². The summed E-state index contributed by atoms with van der Waals surface area (Å²) in [5, 5.41) is 16.4. The van der Waals surface area contributed by atoms with Gasteiger partial charge in [-0.25, -0.2) is 4.79 Å². The smallest absolute Gasteiger partial charge is 0.319 e. The molecule has 1 heterocycles. The molecule has 0 radical (unpaired) electrons. The number of nitrogens with one attached hydrogen (secondary N) is 2. The molecule has 2 atom stereocenters. The van der Waals surface area contributed by atoms with Gasteiger partial charge >= 0.3 is 6.03 Å². The van der Waals surface area contributed by atoms with Crippen molar-refractivity contribution in [1.29, 1.82) is 0 Å². The number of Topliss-reactive ketones (excluding diaryl/α,β-unsaturated/α-hetero) is 1. The van der Waals surface area contributed by atoms with Crippen LogP contribution in [0.4, 0.5) is 10.5 Å². The maximum Gasteiger partial charge on any atom is 0.319 e. The Bertz CT molecular complexity index is 668. The number of nitro groups is 1. The molecule has 1 aliphatic heterocycles. The van der Waals surface area contributed by atoms with E-state index < -0.39 is 22.9 Å². The van der Waals surface area contributed by atoms with Crippen molar-refractivity contribution in [2.45, 2.75) is 18.9 Å². The lowest BCUT2D eigenvalue weighted by molar-refractivity contribution is -0.385. The van der Waals surface area contributed by atoms with E-state index in [-0.39, 0.29) is 11.5 Å². The lowest BCUT2D eigenvalue weighted by atomic mass is 9.80. The minimum absolute atomic E-state index is 0.0249.